The number of esters is 1. The first kappa shape index (κ1) is 22.7. The largest absolute Gasteiger partial charge is 0.467 e. The third-order valence-electron chi connectivity index (χ3n) is 6.22. The third-order valence-corrected chi connectivity index (χ3v) is 8.75. The molecule has 0 aromatic heterocycles. The number of nitrogens with zero attached hydrogens (tertiary/aromatic N) is 2. The molecular formula is C27H22N2O5S. The van der Waals surface area contributed by atoms with Crippen LogP contribution in [0.2, 0.25) is 0 Å². The van der Waals surface area contributed by atoms with Gasteiger partial charge in [-0.3, -0.25) is 4.99 Å². The van der Waals surface area contributed by atoms with Gasteiger partial charge in [0.25, 0.3) is 0 Å². The lowest BCUT2D eigenvalue weighted by atomic mass is 9.94. The summed E-state index contributed by atoms with van der Waals surface area (Å²) in [5, 5.41) is 2.92. The molecule has 35 heavy (non-hydrogen) atoms. The number of sulfone groups is 1. The van der Waals surface area contributed by atoms with Crippen molar-refractivity contribution in [3.8, 4) is 0 Å². The van der Waals surface area contributed by atoms with Crippen molar-refractivity contribution in [3.63, 3.8) is 0 Å². The van der Waals surface area contributed by atoms with Crippen LogP contribution in [-0.4, -0.2) is 43.4 Å². The van der Waals surface area contributed by atoms with E-state index in [9.17, 15) is 13.2 Å². The molecule has 5 rings (SSSR count). The predicted octanol–water partition coefficient (Wildman–Crippen LogP) is 3.98. The van der Waals surface area contributed by atoms with Crippen molar-refractivity contribution in [2.45, 2.75) is 16.1 Å². The minimum Gasteiger partial charge on any atom is -0.467 e. The SMILES string of the molecule is COC(=O)C1(S(=O)(=O)C2C(c3ccccc3)=NOC2c2ccccc2)C=NC=C1c1ccccc1. The fraction of sp³-hybridized carbons (Fsp3) is 0.148. The first-order valence-corrected chi connectivity index (χ1v) is 12.5. The Labute approximate surface area is 203 Å². The standard InChI is InChI=1S/C27H22N2O5S/c1-33-26(30)27(18-28-17-22(27)19-11-5-2-6-12-19)35(31,32)25-23(20-13-7-3-8-14-20)29-34-24(25)21-15-9-4-10-16-21/h2-18,24-25H,1H3. The fourth-order valence-electron chi connectivity index (χ4n) is 4.52. The quantitative estimate of drug-likeness (QED) is 0.491. The second kappa shape index (κ2) is 8.96. The molecule has 176 valence electrons. The van der Waals surface area contributed by atoms with E-state index >= 15 is 0 Å². The van der Waals surface area contributed by atoms with E-state index in [-0.39, 0.29) is 11.3 Å². The number of hydrogen-bond donors (Lipinski definition) is 0. The van der Waals surface area contributed by atoms with E-state index in [1.807, 2.05) is 18.2 Å². The number of hydrogen-bond acceptors (Lipinski definition) is 7. The molecule has 2 aliphatic heterocycles. The molecule has 2 aliphatic rings. The monoisotopic (exact) mass is 486 g/mol. The lowest BCUT2D eigenvalue weighted by Crippen LogP contribution is -2.55. The number of benzene rings is 3. The van der Waals surface area contributed by atoms with E-state index in [4.69, 9.17) is 9.57 Å². The van der Waals surface area contributed by atoms with Gasteiger partial charge in [-0.1, -0.05) is 96.2 Å². The van der Waals surface area contributed by atoms with Crippen molar-refractivity contribution in [1.82, 2.24) is 0 Å². The minimum atomic E-state index is -4.45. The predicted molar refractivity (Wildman–Crippen MR) is 134 cm³/mol. The maximum Gasteiger partial charge on any atom is 0.337 e. The summed E-state index contributed by atoms with van der Waals surface area (Å²) < 4.78 is 32.3. The van der Waals surface area contributed by atoms with E-state index in [0.29, 0.717) is 16.7 Å². The highest BCUT2D eigenvalue weighted by molar-refractivity contribution is 7.96. The summed E-state index contributed by atoms with van der Waals surface area (Å²) in [6.07, 6.45) is 1.58. The molecule has 0 aliphatic carbocycles. The first-order valence-electron chi connectivity index (χ1n) is 11.0. The van der Waals surface area contributed by atoms with Crippen molar-refractivity contribution in [1.29, 1.82) is 0 Å². The van der Waals surface area contributed by atoms with Gasteiger partial charge in [0, 0.05) is 23.6 Å². The Morgan fingerprint density at radius 1 is 0.886 bits per heavy atom. The highest BCUT2D eigenvalue weighted by Crippen LogP contribution is 2.45. The normalized spacial score (nSPS) is 23.3. The third kappa shape index (κ3) is 3.57. The molecule has 3 unspecified atom stereocenters. The number of ether oxygens (including phenoxy) is 1. The number of oxime groups is 1. The number of methoxy groups -OCH3 is 1. The van der Waals surface area contributed by atoms with Crippen LogP contribution in [0.1, 0.15) is 22.8 Å². The lowest BCUT2D eigenvalue weighted by molar-refractivity contribution is -0.140. The summed E-state index contributed by atoms with van der Waals surface area (Å²) in [6.45, 7) is 0. The summed E-state index contributed by atoms with van der Waals surface area (Å²) in [4.78, 5) is 23.3. The smallest absolute Gasteiger partial charge is 0.337 e. The highest BCUT2D eigenvalue weighted by atomic mass is 32.2. The molecule has 0 spiro atoms. The molecule has 8 heteroatoms. The van der Waals surface area contributed by atoms with Gasteiger partial charge in [0.2, 0.25) is 4.75 Å². The van der Waals surface area contributed by atoms with Crippen LogP contribution in [-0.2, 0) is 24.2 Å². The van der Waals surface area contributed by atoms with E-state index in [2.05, 4.69) is 10.1 Å². The molecule has 3 aromatic carbocycles. The Morgan fingerprint density at radius 3 is 2.06 bits per heavy atom. The molecule has 0 saturated carbocycles. The highest BCUT2D eigenvalue weighted by Gasteiger charge is 2.62. The number of rotatable bonds is 6. The Morgan fingerprint density at radius 2 is 1.46 bits per heavy atom. The van der Waals surface area contributed by atoms with Gasteiger partial charge in [-0.25, -0.2) is 13.2 Å². The molecule has 2 heterocycles. The summed E-state index contributed by atoms with van der Waals surface area (Å²) >= 11 is 0. The van der Waals surface area contributed by atoms with Gasteiger partial charge in [-0.05, 0) is 11.1 Å². The molecular weight excluding hydrogens is 464 g/mol. The number of carbonyl (C=O) groups is 1. The van der Waals surface area contributed by atoms with Gasteiger partial charge >= 0.3 is 5.97 Å². The average Bonchev–Trinajstić information content (AvgIpc) is 3.56. The maximum atomic E-state index is 14.7. The topological polar surface area (TPSA) is 94.4 Å². The van der Waals surface area contributed by atoms with Crippen molar-refractivity contribution in [3.05, 3.63) is 114 Å². The minimum absolute atomic E-state index is 0.218. The van der Waals surface area contributed by atoms with Crippen LogP contribution in [0.5, 0.6) is 0 Å². The van der Waals surface area contributed by atoms with Gasteiger partial charge in [0.15, 0.2) is 21.2 Å². The zero-order chi connectivity index (χ0) is 24.5. The summed E-state index contributed by atoms with van der Waals surface area (Å²) in [7, 11) is -3.28. The van der Waals surface area contributed by atoms with Crippen LogP contribution in [0.3, 0.4) is 0 Å². The molecule has 0 saturated heterocycles. The lowest BCUT2D eigenvalue weighted by Gasteiger charge is -2.31. The number of aliphatic imine (C=N–C) groups is 1. The van der Waals surface area contributed by atoms with Crippen LogP contribution >= 0.6 is 0 Å². The number of carbonyl (C=O) groups excluding carboxylic acids is 1. The fourth-order valence-corrected chi connectivity index (χ4v) is 6.93. The van der Waals surface area contributed by atoms with Gasteiger partial charge in [0.1, 0.15) is 5.71 Å². The second-order valence-electron chi connectivity index (χ2n) is 8.16. The van der Waals surface area contributed by atoms with Crippen molar-refractivity contribution in [2.24, 2.45) is 10.1 Å². The van der Waals surface area contributed by atoms with E-state index in [1.165, 1.54) is 13.3 Å². The van der Waals surface area contributed by atoms with E-state index in [0.717, 1.165) is 6.21 Å². The average molecular weight is 487 g/mol. The van der Waals surface area contributed by atoms with Crippen LogP contribution in [0.4, 0.5) is 0 Å². The molecule has 3 atom stereocenters. The molecule has 0 N–H and O–H groups in total. The Hall–Kier alpha value is -4.04. The summed E-state index contributed by atoms with van der Waals surface area (Å²) in [6, 6.07) is 26.7. The van der Waals surface area contributed by atoms with Crippen LogP contribution in [0, 0.1) is 0 Å². The van der Waals surface area contributed by atoms with Gasteiger partial charge < -0.3 is 9.57 Å². The van der Waals surface area contributed by atoms with Crippen molar-refractivity contribution < 1.29 is 22.8 Å². The van der Waals surface area contributed by atoms with Crippen molar-refractivity contribution in [2.75, 3.05) is 7.11 Å². The van der Waals surface area contributed by atoms with Gasteiger partial charge in [-0.2, -0.15) is 0 Å². The van der Waals surface area contributed by atoms with Gasteiger partial charge in [-0.15, -0.1) is 0 Å². The molecule has 0 fully saturated rings. The van der Waals surface area contributed by atoms with Crippen LogP contribution in [0.15, 0.2) is 107 Å². The Bertz CT molecular complexity index is 1430. The first-order chi connectivity index (χ1) is 17.0. The zero-order valence-electron chi connectivity index (χ0n) is 18.8. The van der Waals surface area contributed by atoms with E-state index in [1.54, 1.807) is 72.8 Å². The summed E-state index contributed by atoms with van der Waals surface area (Å²) in [5.74, 6) is -0.944. The molecule has 0 bridgehead atoms. The van der Waals surface area contributed by atoms with Crippen molar-refractivity contribution >= 4 is 33.3 Å². The molecule has 7 nitrogen and oxygen atoms in total. The summed E-state index contributed by atoms with van der Waals surface area (Å²) in [5.41, 5.74) is 2.19. The molecule has 0 radical (unpaired) electrons. The van der Waals surface area contributed by atoms with Gasteiger partial charge in [0.05, 0.1) is 7.11 Å². The zero-order valence-corrected chi connectivity index (χ0v) is 19.6. The van der Waals surface area contributed by atoms with E-state index < -0.39 is 31.9 Å². The maximum absolute atomic E-state index is 14.7. The Balaban J connectivity index is 1.73. The second-order valence-corrected chi connectivity index (χ2v) is 10.4. The molecule has 0 amide bonds. The Kier molecular flexibility index (Phi) is 5.82. The van der Waals surface area contributed by atoms with Crippen LogP contribution < -0.4 is 0 Å². The molecule has 3 aromatic rings. The van der Waals surface area contributed by atoms with Crippen LogP contribution in [0.25, 0.3) is 5.57 Å².